The lowest BCUT2D eigenvalue weighted by molar-refractivity contribution is -0.299. The molecule has 0 saturated heterocycles. The molecule has 0 saturated carbocycles. The number of halogens is 1. The average Bonchev–Trinajstić information content (AvgIpc) is 2.80. The van der Waals surface area contributed by atoms with Crippen LogP contribution in [0.25, 0.3) is 0 Å². The van der Waals surface area contributed by atoms with E-state index >= 15 is 0 Å². The van der Waals surface area contributed by atoms with Crippen molar-refractivity contribution in [3.8, 4) is 5.75 Å². The third-order valence-electron chi connectivity index (χ3n) is 5.55. The van der Waals surface area contributed by atoms with E-state index in [9.17, 15) is 22.4 Å². The van der Waals surface area contributed by atoms with Gasteiger partial charge in [-0.2, -0.15) is 0 Å². The number of hydrazine groups is 1. The number of sulfonamides is 1. The van der Waals surface area contributed by atoms with Gasteiger partial charge in [0, 0.05) is 12.1 Å². The fraction of sp³-hybridized carbons (Fsp3) is 0.407. The van der Waals surface area contributed by atoms with E-state index in [-0.39, 0.29) is 39.5 Å². The van der Waals surface area contributed by atoms with E-state index in [2.05, 4.69) is 21.1 Å². The largest absolute Gasteiger partial charge is 0.492 e. The summed E-state index contributed by atoms with van der Waals surface area (Å²) in [7, 11) is -2.31. The minimum absolute atomic E-state index is 0.00404. The highest BCUT2D eigenvalue weighted by Crippen LogP contribution is 2.39. The van der Waals surface area contributed by atoms with Gasteiger partial charge in [-0.15, -0.1) is 0 Å². The Morgan fingerprint density at radius 2 is 1.70 bits per heavy atom. The second-order valence-corrected chi connectivity index (χ2v) is 13.4. The number of hydrogen-bond donors (Lipinski definition) is 5. The predicted octanol–water partition coefficient (Wildman–Crippen LogP) is 2.68. The van der Waals surface area contributed by atoms with Gasteiger partial charge < -0.3 is 21.1 Å². The quantitative estimate of drug-likeness (QED) is 0.173. The molecule has 0 aliphatic carbocycles. The van der Waals surface area contributed by atoms with Crippen molar-refractivity contribution in [3.63, 3.8) is 0 Å². The lowest BCUT2D eigenvalue weighted by atomic mass is 9.86. The number of carbonyl (C=O) groups is 2. The number of anilines is 3. The average molecular weight is 580 g/mol. The molecule has 0 spiro atoms. The van der Waals surface area contributed by atoms with Crippen molar-refractivity contribution < 1.29 is 32.9 Å². The van der Waals surface area contributed by atoms with Crippen LogP contribution in [0, 0.1) is 11.2 Å². The number of ether oxygens (including phenoxy) is 1. The first-order valence-corrected chi connectivity index (χ1v) is 14.3. The van der Waals surface area contributed by atoms with Crippen LogP contribution in [-0.2, 0) is 20.2 Å². The Kier molecular flexibility index (Phi) is 9.95. The van der Waals surface area contributed by atoms with Crippen molar-refractivity contribution in [2.45, 2.75) is 47.0 Å². The molecular weight excluding hydrogens is 539 g/mol. The fourth-order valence-corrected chi connectivity index (χ4v) is 4.00. The lowest BCUT2D eigenvalue weighted by Crippen LogP contribution is -2.56. The molecule has 0 heterocycles. The molecule has 2 amide bonds. The molecule has 13 heteroatoms. The summed E-state index contributed by atoms with van der Waals surface area (Å²) in [6.07, 6.45) is 2.17. The standard InChI is InChI=1S/C27H39FN6O5S/c1-26(2,3)15-31-25(36)19(29)14-34(30)22-11-16(9-10-18(22)28)24(35)32-20-12-17(27(4,5)6)13-21(23(20)39-7)33-40(8,37)38/h9-14,33H,15,29-30H2,1-8H3,(H,31,36)(H,32,35)/p+1/b19-14-. The van der Waals surface area contributed by atoms with Crippen molar-refractivity contribution >= 4 is 38.9 Å². The minimum atomic E-state index is -3.66. The molecular formula is C27H40FN6O5S+. The summed E-state index contributed by atoms with van der Waals surface area (Å²) < 4.78 is 46.5. The first-order valence-electron chi connectivity index (χ1n) is 12.4. The maximum absolute atomic E-state index is 14.7. The summed E-state index contributed by atoms with van der Waals surface area (Å²) in [6, 6.07) is 6.87. The van der Waals surface area contributed by atoms with Crippen LogP contribution in [0.15, 0.2) is 42.2 Å². The summed E-state index contributed by atoms with van der Waals surface area (Å²) in [6.45, 7) is 12.1. The molecule has 0 aromatic heterocycles. The van der Waals surface area contributed by atoms with Crippen LogP contribution in [0.1, 0.15) is 57.5 Å². The number of nitrogens with zero attached hydrogens (tertiary/aromatic N) is 1. The Bertz CT molecular complexity index is 1410. The van der Waals surface area contributed by atoms with E-state index < -0.39 is 33.1 Å². The first-order chi connectivity index (χ1) is 18.2. The topological polar surface area (TPSA) is 170 Å². The summed E-state index contributed by atoms with van der Waals surface area (Å²) in [5.41, 5.74) is 4.09. The second-order valence-electron chi connectivity index (χ2n) is 11.7. The zero-order chi connectivity index (χ0) is 30.6. The minimum Gasteiger partial charge on any atom is -0.492 e. The van der Waals surface area contributed by atoms with Crippen LogP contribution in [-0.4, -0.2) is 40.1 Å². The molecule has 2 aromatic rings. The number of methoxy groups -OCH3 is 1. The molecule has 0 fully saturated rings. The number of hydrogen-bond acceptors (Lipinski definition) is 7. The van der Waals surface area contributed by atoms with Gasteiger partial charge in [0.05, 0.1) is 36.6 Å². The van der Waals surface area contributed by atoms with Gasteiger partial charge in [-0.1, -0.05) is 41.5 Å². The number of benzene rings is 2. The molecule has 2 rings (SSSR count). The van der Waals surface area contributed by atoms with E-state index in [0.717, 1.165) is 29.1 Å². The number of amides is 2. The third kappa shape index (κ3) is 9.21. The Hall–Kier alpha value is -3.68. The van der Waals surface area contributed by atoms with Crippen LogP contribution in [0.5, 0.6) is 5.75 Å². The molecule has 0 aliphatic heterocycles. The molecule has 0 atom stereocenters. The van der Waals surface area contributed by atoms with Gasteiger partial charge in [-0.25, -0.2) is 18.7 Å². The monoisotopic (exact) mass is 579 g/mol. The zero-order valence-electron chi connectivity index (χ0n) is 24.2. The van der Waals surface area contributed by atoms with E-state index in [1.807, 2.05) is 41.5 Å². The maximum Gasteiger partial charge on any atom is 0.306 e. The number of nitrogens with one attached hydrogen (secondary N) is 3. The number of nitrogens with two attached hydrogens (primary N) is 1. The summed E-state index contributed by atoms with van der Waals surface area (Å²) in [4.78, 5) is 25.6. The molecule has 40 heavy (non-hydrogen) atoms. The van der Waals surface area contributed by atoms with Crippen LogP contribution >= 0.6 is 0 Å². The zero-order valence-corrected chi connectivity index (χ0v) is 25.0. The molecule has 220 valence electrons. The number of rotatable bonds is 9. The Morgan fingerprint density at radius 3 is 2.23 bits per heavy atom. The van der Waals surface area contributed by atoms with Crippen molar-refractivity contribution in [1.29, 1.82) is 0 Å². The molecule has 0 unspecified atom stereocenters. The fourth-order valence-electron chi connectivity index (χ4n) is 3.45. The number of carbonyl (C=O) groups excluding carboxylic acids is 2. The van der Waals surface area contributed by atoms with Gasteiger partial charge in [-0.3, -0.25) is 19.3 Å². The van der Waals surface area contributed by atoms with Crippen molar-refractivity contribution in [2.24, 2.45) is 11.3 Å². The van der Waals surface area contributed by atoms with E-state index in [0.29, 0.717) is 6.54 Å². The van der Waals surface area contributed by atoms with Gasteiger partial charge in [0.15, 0.2) is 5.75 Å². The van der Waals surface area contributed by atoms with E-state index in [1.165, 1.54) is 19.2 Å². The first kappa shape index (κ1) is 32.5. The van der Waals surface area contributed by atoms with Crippen LogP contribution in [0.4, 0.5) is 21.5 Å². The molecule has 11 nitrogen and oxygen atoms in total. The SMILES string of the molecule is COc1c(NC(=O)c2ccc(F)c(N(N)/C=C(\[NH3+])C(=O)NCC(C)(C)C)c2)cc(C(C)(C)C)cc1NS(C)(=O)=O. The maximum atomic E-state index is 14.7. The summed E-state index contributed by atoms with van der Waals surface area (Å²) in [5.74, 6) is 4.27. The van der Waals surface area contributed by atoms with Gasteiger partial charge in [-0.05, 0) is 46.7 Å². The van der Waals surface area contributed by atoms with Gasteiger partial charge in [0.25, 0.3) is 5.91 Å². The molecule has 0 bridgehead atoms. The highest BCUT2D eigenvalue weighted by molar-refractivity contribution is 7.92. The Morgan fingerprint density at radius 1 is 1.10 bits per heavy atom. The molecule has 8 N–H and O–H groups in total. The predicted molar refractivity (Wildman–Crippen MR) is 155 cm³/mol. The third-order valence-corrected chi connectivity index (χ3v) is 6.15. The highest BCUT2D eigenvalue weighted by atomic mass is 32.2. The van der Waals surface area contributed by atoms with Gasteiger partial charge in [0.1, 0.15) is 5.82 Å². The van der Waals surface area contributed by atoms with Crippen LogP contribution in [0.2, 0.25) is 0 Å². The van der Waals surface area contributed by atoms with Crippen LogP contribution < -0.4 is 36.7 Å². The van der Waals surface area contributed by atoms with Crippen molar-refractivity contribution in [3.05, 3.63) is 59.2 Å². The Labute approximate surface area is 235 Å². The van der Waals surface area contributed by atoms with Gasteiger partial charge >= 0.3 is 5.91 Å². The lowest BCUT2D eigenvalue weighted by Gasteiger charge is -2.24. The summed E-state index contributed by atoms with van der Waals surface area (Å²) >= 11 is 0. The van der Waals surface area contributed by atoms with Crippen molar-refractivity contribution in [1.82, 2.24) is 5.32 Å². The van der Waals surface area contributed by atoms with E-state index in [4.69, 9.17) is 10.6 Å². The normalized spacial score (nSPS) is 12.5. The van der Waals surface area contributed by atoms with Crippen LogP contribution in [0.3, 0.4) is 0 Å². The molecule has 2 aromatic carbocycles. The Balaban J connectivity index is 2.43. The van der Waals surface area contributed by atoms with E-state index in [1.54, 1.807) is 12.1 Å². The van der Waals surface area contributed by atoms with Crippen molar-refractivity contribution in [2.75, 3.05) is 35.0 Å². The smallest absolute Gasteiger partial charge is 0.306 e. The van der Waals surface area contributed by atoms with Gasteiger partial charge in [0.2, 0.25) is 15.7 Å². The molecule has 0 aliphatic rings. The highest BCUT2D eigenvalue weighted by Gasteiger charge is 2.23. The summed E-state index contributed by atoms with van der Waals surface area (Å²) in [5, 5.41) is 6.33. The molecule has 0 radical (unpaired) electrons. The number of quaternary nitrogens is 1. The second kappa shape index (κ2) is 12.2.